The lowest BCUT2D eigenvalue weighted by atomic mass is 9.96. The maximum Gasteiger partial charge on any atom is 0.222 e. The van der Waals surface area contributed by atoms with E-state index in [1.807, 2.05) is 12.3 Å². The van der Waals surface area contributed by atoms with Crippen molar-refractivity contribution < 1.29 is 4.79 Å². The largest absolute Gasteiger partial charge is 0.369 e. The highest BCUT2D eigenvalue weighted by Gasteiger charge is 2.26. The Morgan fingerprint density at radius 1 is 1.65 bits per heavy atom. The minimum Gasteiger partial charge on any atom is -0.369 e. The molecule has 5 nitrogen and oxygen atoms in total. The number of anilines is 1. The number of pyridine rings is 1. The van der Waals surface area contributed by atoms with Crippen molar-refractivity contribution in [2.75, 3.05) is 24.5 Å². The maximum atomic E-state index is 11.4. The lowest BCUT2D eigenvalue weighted by Crippen LogP contribution is -2.42. The molecule has 5 heteroatoms. The predicted octanol–water partition coefficient (Wildman–Crippen LogP) is 1.45. The summed E-state index contributed by atoms with van der Waals surface area (Å²) in [5.41, 5.74) is 6.63. The summed E-state index contributed by atoms with van der Waals surface area (Å²) in [7, 11) is 0. The van der Waals surface area contributed by atoms with Crippen molar-refractivity contribution in [3.05, 3.63) is 23.9 Å². The van der Waals surface area contributed by atoms with Gasteiger partial charge in [-0.3, -0.25) is 4.79 Å². The van der Waals surface area contributed by atoms with E-state index in [0.29, 0.717) is 6.54 Å². The molecule has 2 rings (SSSR count). The van der Waals surface area contributed by atoms with Crippen LogP contribution in [0, 0.1) is 5.92 Å². The number of aromatic nitrogens is 1. The summed E-state index contributed by atoms with van der Waals surface area (Å²) in [5, 5.41) is 3.42. The SMILES string of the molecule is CCNC(C)c1cccnc1N1CCCC(C(N)=O)C1. The molecule has 1 fully saturated rings. The van der Waals surface area contributed by atoms with E-state index < -0.39 is 0 Å². The molecular weight excluding hydrogens is 252 g/mol. The number of carbonyl (C=O) groups excluding carboxylic acids is 1. The normalized spacial score (nSPS) is 20.7. The number of primary amides is 1. The minimum absolute atomic E-state index is 0.0620. The molecule has 0 bridgehead atoms. The Morgan fingerprint density at radius 2 is 2.45 bits per heavy atom. The molecule has 0 radical (unpaired) electrons. The van der Waals surface area contributed by atoms with Crippen LogP contribution in [-0.4, -0.2) is 30.5 Å². The number of hydrogen-bond donors (Lipinski definition) is 2. The molecule has 20 heavy (non-hydrogen) atoms. The van der Waals surface area contributed by atoms with Gasteiger partial charge in [-0.05, 0) is 32.4 Å². The number of nitrogens with zero attached hydrogens (tertiary/aromatic N) is 2. The quantitative estimate of drug-likeness (QED) is 0.854. The fourth-order valence-corrected chi connectivity index (χ4v) is 2.83. The smallest absolute Gasteiger partial charge is 0.222 e. The van der Waals surface area contributed by atoms with Gasteiger partial charge in [0, 0.05) is 30.9 Å². The van der Waals surface area contributed by atoms with E-state index in [0.717, 1.165) is 31.7 Å². The molecule has 2 unspecified atom stereocenters. The molecule has 2 heterocycles. The molecule has 0 aliphatic carbocycles. The number of carbonyl (C=O) groups is 1. The van der Waals surface area contributed by atoms with Gasteiger partial charge in [0.1, 0.15) is 5.82 Å². The lowest BCUT2D eigenvalue weighted by molar-refractivity contribution is -0.122. The molecule has 0 saturated carbocycles. The van der Waals surface area contributed by atoms with Crippen molar-refractivity contribution in [2.45, 2.75) is 32.7 Å². The van der Waals surface area contributed by atoms with Crippen LogP contribution in [0.3, 0.4) is 0 Å². The molecule has 0 aromatic carbocycles. The van der Waals surface area contributed by atoms with E-state index in [1.165, 1.54) is 5.56 Å². The number of rotatable bonds is 5. The van der Waals surface area contributed by atoms with Gasteiger partial charge in [-0.25, -0.2) is 4.98 Å². The van der Waals surface area contributed by atoms with Crippen molar-refractivity contribution in [3.63, 3.8) is 0 Å². The van der Waals surface area contributed by atoms with Crippen molar-refractivity contribution in [3.8, 4) is 0 Å². The van der Waals surface area contributed by atoms with Gasteiger partial charge in [0.15, 0.2) is 0 Å². The second-order valence-electron chi connectivity index (χ2n) is 5.38. The van der Waals surface area contributed by atoms with Gasteiger partial charge in [0.25, 0.3) is 0 Å². The van der Waals surface area contributed by atoms with Crippen LogP contribution >= 0.6 is 0 Å². The molecule has 110 valence electrons. The second-order valence-corrected chi connectivity index (χ2v) is 5.38. The third kappa shape index (κ3) is 3.28. The standard InChI is InChI=1S/C15H24N4O/c1-3-17-11(2)13-7-4-8-18-15(13)19-9-5-6-12(10-19)14(16)20/h4,7-8,11-12,17H,3,5-6,9-10H2,1-2H3,(H2,16,20). The van der Waals surface area contributed by atoms with E-state index in [4.69, 9.17) is 5.73 Å². The first-order valence-corrected chi connectivity index (χ1v) is 7.36. The Bertz CT molecular complexity index is 463. The van der Waals surface area contributed by atoms with Crippen LogP contribution in [0.2, 0.25) is 0 Å². The molecule has 0 spiro atoms. The number of amides is 1. The van der Waals surface area contributed by atoms with Crippen LogP contribution in [-0.2, 0) is 4.79 Å². The number of nitrogens with two attached hydrogens (primary N) is 1. The summed E-state index contributed by atoms with van der Waals surface area (Å²) < 4.78 is 0. The van der Waals surface area contributed by atoms with Crippen LogP contribution in [0.5, 0.6) is 0 Å². The Morgan fingerprint density at radius 3 is 3.15 bits per heavy atom. The fraction of sp³-hybridized carbons (Fsp3) is 0.600. The van der Waals surface area contributed by atoms with Gasteiger partial charge in [-0.1, -0.05) is 13.0 Å². The Hall–Kier alpha value is -1.62. The molecule has 1 aliphatic rings. The lowest BCUT2D eigenvalue weighted by Gasteiger charge is -2.34. The zero-order valence-corrected chi connectivity index (χ0v) is 12.3. The first-order chi connectivity index (χ1) is 9.63. The summed E-state index contributed by atoms with van der Waals surface area (Å²) in [4.78, 5) is 18.1. The zero-order chi connectivity index (χ0) is 14.5. The number of hydrogen-bond acceptors (Lipinski definition) is 4. The summed E-state index contributed by atoms with van der Waals surface area (Å²) >= 11 is 0. The number of nitrogens with one attached hydrogen (secondary N) is 1. The van der Waals surface area contributed by atoms with Crippen LogP contribution in [0.1, 0.15) is 38.3 Å². The highest BCUT2D eigenvalue weighted by molar-refractivity contribution is 5.77. The van der Waals surface area contributed by atoms with E-state index >= 15 is 0 Å². The summed E-state index contributed by atoms with van der Waals surface area (Å²) in [6, 6.07) is 4.31. The molecule has 2 atom stereocenters. The molecule has 1 amide bonds. The highest BCUT2D eigenvalue weighted by atomic mass is 16.1. The average Bonchev–Trinajstić information content (AvgIpc) is 2.47. The van der Waals surface area contributed by atoms with Gasteiger partial charge < -0.3 is 16.0 Å². The molecule has 1 saturated heterocycles. The monoisotopic (exact) mass is 276 g/mol. The van der Waals surface area contributed by atoms with Gasteiger partial charge in [-0.2, -0.15) is 0 Å². The van der Waals surface area contributed by atoms with Crippen LogP contribution < -0.4 is 16.0 Å². The van der Waals surface area contributed by atoms with E-state index in [9.17, 15) is 4.79 Å². The average molecular weight is 276 g/mol. The first-order valence-electron chi connectivity index (χ1n) is 7.36. The van der Waals surface area contributed by atoms with E-state index in [1.54, 1.807) is 0 Å². The van der Waals surface area contributed by atoms with Crippen molar-refractivity contribution in [1.82, 2.24) is 10.3 Å². The summed E-state index contributed by atoms with van der Waals surface area (Å²) in [6.45, 7) is 6.76. The van der Waals surface area contributed by atoms with Crippen LogP contribution in [0.25, 0.3) is 0 Å². The van der Waals surface area contributed by atoms with Crippen LogP contribution in [0.15, 0.2) is 18.3 Å². The molecule has 1 aromatic heterocycles. The first kappa shape index (κ1) is 14.8. The maximum absolute atomic E-state index is 11.4. The van der Waals surface area contributed by atoms with Gasteiger partial charge in [0.05, 0.1) is 5.92 Å². The topological polar surface area (TPSA) is 71.2 Å². The zero-order valence-electron chi connectivity index (χ0n) is 12.3. The molecular formula is C15H24N4O. The summed E-state index contributed by atoms with van der Waals surface area (Å²) in [6.07, 6.45) is 3.68. The fourth-order valence-electron chi connectivity index (χ4n) is 2.83. The van der Waals surface area contributed by atoms with E-state index in [-0.39, 0.29) is 17.9 Å². The van der Waals surface area contributed by atoms with Crippen molar-refractivity contribution in [2.24, 2.45) is 11.7 Å². The summed E-state index contributed by atoms with van der Waals surface area (Å²) in [5.74, 6) is 0.715. The van der Waals surface area contributed by atoms with Crippen LogP contribution in [0.4, 0.5) is 5.82 Å². The van der Waals surface area contributed by atoms with Gasteiger partial charge in [-0.15, -0.1) is 0 Å². The van der Waals surface area contributed by atoms with Crippen molar-refractivity contribution >= 4 is 11.7 Å². The molecule has 1 aromatic rings. The second kappa shape index (κ2) is 6.70. The Kier molecular flexibility index (Phi) is 4.95. The van der Waals surface area contributed by atoms with E-state index in [2.05, 4.69) is 35.1 Å². The third-order valence-electron chi connectivity index (χ3n) is 3.92. The third-order valence-corrected chi connectivity index (χ3v) is 3.92. The van der Waals surface area contributed by atoms with Gasteiger partial charge >= 0.3 is 0 Å². The van der Waals surface area contributed by atoms with Crippen molar-refractivity contribution in [1.29, 1.82) is 0 Å². The minimum atomic E-state index is -0.202. The Balaban J connectivity index is 2.21. The predicted molar refractivity (Wildman–Crippen MR) is 80.5 cm³/mol. The molecule has 1 aliphatic heterocycles. The number of piperidine rings is 1. The molecule has 3 N–H and O–H groups in total. The highest BCUT2D eigenvalue weighted by Crippen LogP contribution is 2.27. The van der Waals surface area contributed by atoms with Gasteiger partial charge in [0.2, 0.25) is 5.91 Å². The Labute approximate surface area is 120 Å².